The summed E-state index contributed by atoms with van der Waals surface area (Å²) in [5, 5.41) is 15.4. The molecule has 3 aromatic rings. The van der Waals surface area contributed by atoms with Crippen molar-refractivity contribution in [2.75, 3.05) is 5.32 Å². The summed E-state index contributed by atoms with van der Waals surface area (Å²) in [6.07, 6.45) is 2.07. The Kier molecular flexibility index (Phi) is 7.22. The normalized spacial score (nSPS) is 10.9. The van der Waals surface area contributed by atoms with Gasteiger partial charge in [-0.3, -0.25) is 0 Å². The van der Waals surface area contributed by atoms with Gasteiger partial charge in [0.1, 0.15) is 18.2 Å². The van der Waals surface area contributed by atoms with Gasteiger partial charge in [-0.25, -0.2) is 9.07 Å². The first-order valence-electron chi connectivity index (χ1n) is 8.92. The second-order valence-corrected chi connectivity index (χ2v) is 7.53. The molecule has 148 valence electrons. The van der Waals surface area contributed by atoms with Crippen LogP contribution in [-0.4, -0.2) is 20.2 Å². The molecule has 1 aromatic heterocycles. The van der Waals surface area contributed by atoms with E-state index in [9.17, 15) is 4.39 Å². The molecule has 6 nitrogen and oxygen atoms in total. The molecule has 28 heavy (non-hydrogen) atoms. The van der Waals surface area contributed by atoms with E-state index >= 15 is 0 Å². The van der Waals surface area contributed by atoms with Crippen LogP contribution in [0.2, 0.25) is 5.02 Å². The SMILES string of the molecule is CCCCn1nnnc1NCc1cc(Br)ccc1OCc1ccc(F)cc1Cl. The molecule has 1 heterocycles. The van der Waals surface area contributed by atoms with Crippen LogP contribution in [0.1, 0.15) is 30.9 Å². The summed E-state index contributed by atoms with van der Waals surface area (Å²) in [6.45, 7) is 3.60. The van der Waals surface area contributed by atoms with Crippen LogP contribution in [0.4, 0.5) is 10.3 Å². The van der Waals surface area contributed by atoms with Gasteiger partial charge in [0.25, 0.3) is 0 Å². The zero-order valence-corrected chi connectivity index (χ0v) is 17.7. The molecule has 0 atom stereocenters. The van der Waals surface area contributed by atoms with Gasteiger partial charge in [-0.2, -0.15) is 0 Å². The van der Waals surface area contributed by atoms with Crippen molar-refractivity contribution in [1.29, 1.82) is 0 Å². The predicted molar refractivity (Wildman–Crippen MR) is 110 cm³/mol. The van der Waals surface area contributed by atoms with Gasteiger partial charge in [0.2, 0.25) is 5.95 Å². The van der Waals surface area contributed by atoms with E-state index in [1.807, 2.05) is 18.2 Å². The Hall–Kier alpha value is -2.19. The minimum absolute atomic E-state index is 0.238. The minimum atomic E-state index is -0.372. The summed E-state index contributed by atoms with van der Waals surface area (Å²) >= 11 is 9.57. The van der Waals surface area contributed by atoms with Crippen molar-refractivity contribution >= 4 is 33.5 Å². The Morgan fingerprint density at radius 2 is 2.07 bits per heavy atom. The van der Waals surface area contributed by atoms with E-state index in [0.717, 1.165) is 29.4 Å². The van der Waals surface area contributed by atoms with Crippen molar-refractivity contribution in [1.82, 2.24) is 20.2 Å². The molecule has 9 heteroatoms. The quantitative estimate of drug-likeness (QED) is 0.466. The van der Waals surface area contributed by atoms with E-state index in [4.69, 9.17) is 16.3 Å². The summed E-state index contributed by atoms with van der Waals surface area (Å²) in [5.41, 5.74) is 1.64. The topological polar surface area (TPSA) is 64.9 Å². The maximum atomic E-state index is 13.2. The van der Waals surface area contributed by atoms with Crippen LogP contribution in [-0.2, 0) is 19.7 Å². The first-order chi connectivity index (χ1) is 13.6. The number of tetrazole rings is 1. The second-order valence-electron chi connectivity index (χ2n) is 6.21. The zero-order chi connectivity index (χ0) is 19.9. The fourth-order valence-corrected chi connectivity index (χ4v) is 3.22. The van der Waals surface area contributed by atoms with Crippen LogP contribution in [0.3, 0.4) is 0 Å². The van der Waals surface area contributed by atoms with Gasteiger partial charge >= 0.3 is 0 Å². The predicted octanol–water partition coefficient (Wildman–Crippen LogP) is 5.22. The Bertz CT molecular complexity index is 936. The Balaban J connectivity index is 1.69. The molecule has 0 aliphatic heterocycles. The molecule has 0 fully saturated rings. The largest absolute Gasteiger partial charge is 0.488 e. The number of benzene rings is 2. The van der Waals surface area contributed by atoms with E-state index < -0.39 is 0 Å². The van der Waals surface area contributed by atoms with Crippen molar-refractivity contribution in [2.45, 2.75) is 39.5 Å². The standard InChI is InChI=1S/C19H20BrClFN5O/c1-2-3-8-27-19(24-25-26-27)23-11-14-9-15(20)5-7-18(14)28-12-13-4-6-16(22)10-17(13)21/h4-7,9-10H,2-3,8,11-12H2,1H3,(H,23,24,26). The van der Waals surface area contributed by atoms with Crippen LogP contribution >= 0.6 is 27.5 Å². The van der Waals surface area contributed by atoms with Crippen LogP contribution < -0.4 is 10.1 Å². The van der Waals surface area contributed by atoms with Gasteiger partial charge in [0.15, 0.2) is 0 Å². The smallest absolute Gasteiger partial charge is 0.243 e. The minimum Gasteiger partial charge on any atom is -0.488 e. The molecule has 0 aliphatic carbocycles. The van der Waals surface area contributed by atoms with Crippen molar-refractivity contribution in [2.24, 2.45) is 0 Å². The van der Waals surface area contributed by atoms with Gasteiger partial charge in [0, 0.05) is 28.7 Å². The summed E-state index contributed by atoms with van der Waals surface area (Å²) in [4.78, 5) is 0. The molecule has 0 saturated heterocycles. The van der Waals surface area contributed by atoms with Crippen molar-refractivity contribution in [3.63, 3.8) is 0 Å². The molecule has 0 amide bonds. The number of nitrogens with zero attached hydrogens (tertiary/aromatic N) is 4. The van der Waals surface area contributed by atoms with E-state index in [0.29, 0.717) is 28.8 Å². The number of anilines is 1. The van der Waals surface area contributed by atoms with Crippen LogP contribution in [0.15, 0.2) is 40.9 Å². The van der Waals surface area contributed by atoms with Crippen LogP contribution in [0, 0.1) is 5.82 Å². The summed E-state index contributed by atoms with van der Waals surface area (Å²) in [5.74, 6) is 0.938. The molecule has 2 aromatic carbocycles. The van der Waals surface area contributed by atoms with E-state index in [1.54, 1.807) is 10.7 Å². The van der Waals surface area contributed by atoms with Crippen LogP contribution in [0.5, 0.6) is 5.75 Å². The molecule has 0 saturated carbocycles. The van der Waals surface area contributed by atoms with E-state index in [-0.39, 0.29) is 12.4 Å². The molecule has 3 rings (SSSR count). The zero-order valence-electron chi connectivity index (χ0n) is 15.3. The molecule has 0 unspecified atom stereocenters. The van der Waals surface area contributed by atoms with Gasteiger partial charge in [0.05, 0.1) is 5.02 Å². The molecule has 0 bridgehead atoms. The average Bonchev–Trinajstić information content (AvgIpc) is 3.12. The fourth-order valence-electron chi connectivity index (χ4n) is 2.59. The number of nitrogens with one attached hydrogen (secondary N) is 1. The Labute approximate surface area is 176 Å². The third-order valence-corrected chi connectivity index (χ3v) is 4.96. The van der Waals surface area contributed by atoms with Gasteiger partial charge < -0.3 is 10.1 Å². The lowest BCUT2D eigenvalue weighted by Crippen LogP contribution is -2.10. The summed E-state index contributed by atoms with van der Waals surface area (Å²) in [6, 6.07) is 10.0. The van der Waals surface area contributed by atoms with Gasteiger partial charge in [-0.15, -0.1) is 0 Å². The first kappa shape index (κ1) is 20.5. The third-order valence-electron chi connectivity index (χ3n) is 4.11. The van der Waals surface area contributed by atoms with Crippen LogP contribution in [0.25, 0.3) is 0 Å². The van der Waals surface area contributed by atoms with E-state index in [2.05, 4.69) is 43.7 Å². The third kappa shape index (κ3) is 5.42. The van der Waals surface area contributed by atoms with Gasteiger partial charge in [-0.1, -0.05) is 52.0 Å². The molecule has 0 aliphatic rings. The lowest BCUT2D eigenvalue weighted by Gasteiger charge is -2.14. The first-order valence-corrected chi connectivity index (χ1v) is 10.1. The summed E-state index contributed by atoms with van der Waals surface area (Å²) < 4.78 is 21.8. The van der Waals surface area contributed by atoms with Crippen molar-refractivity contribution < 1.29 is 9.13 Å². The number of unbranched alkanes of at least 4 members (excludes halogenated alkanes) is 1. The molecular formula is C19H20BrClFN5O. The number of halogens is 3. The molecular weight excluding hydrogens is 449 g/mol. The highest BCUT2D eigenvalue weighted by atomic mass is 79.9. The lowest BCUT2D eigenvalue weighted by molar-refractivity contribution is 0.303. The monoisotopic (exact) mass is 467 g/mol. The Morgan fingerprint density at radius 3 is 2.86 bits per heavy atom. The maximum Gasteiger partial charge on any atom is 0.243 e. The van der Waals surface area contributed by atoms with Crippen molar-refractivity contribution in [3.05, 3.63) is 62.8 Å². The fraction of sp³-hybridized carbons (Fsp3) is 0.316. The highest BCUT2D eigenvalue weighted by molar-refractivity contribution is 9.10. The highest BCUT2D eigenvalue weighted by Gasteiger charge is 2.10. The number of hydrogen-bond donors (Lipinski definition) is 1. The number of aromatic nitrogens is 4. The number of aryl methyl sites for hydroxylation is 1. The maximum absolute atomic E-state index is 13.2. The van der Waals surface area contributed by atoms with E-state index in [1.165, 1.54) is 12.1 Å². The second kappa shape index (κ2) is 9.84. The number of rotatable bonds is 9. The van der Waals surface area contributed by atoms with Crippen molar-refractivity contribution in [3.8, 4) is 5.75 Å². The highest BCUT2D eigenvalue weighted by Crippen LogP contribution is 2.26. The number of ether oxygens (including phenoxy) is 1. The Morgan fingerprint density at radius 1 is 1.21 bits per heavy atom. The summed E-state index contributed by atoms with van der Waals surface area (Å²) in [7, 11) is 0. The number of hydrogen-bond acceptors (Lipinski definition) is 5. The lowest BCUT2D eigenvalue weighted by atomic mass is 10.2. The van der Waals surface area contributed by atoms with Gasteiger partial charge in [-0.05, 0) is 47.2 Å². The molecule has 0 spiro atoms. The molecule has 1 N–H and O–H groups in total. The average molecular weight is 469 g/mol. The molecule has 0 radical (unpaired) electrons.